The fraction of sp³-hybridized carbons (Fsp3) is 0.769. The topological polar surface area (TPSA) is 33.1 Å². The van der Waals surface area contributed by atoms with Gasteiger partial charge in [-0.15, -0.1) is 0 Å². The highest BCUT2D eigenvalue weighted by molar-refractivity contribution is 5.38. The van der Waals surface area contributed by atoms with Crippen LogP contribution in [-0.2, 0) is 0 Å². The van der Waals surface area contributed by atoms with E-state index in [-0.39, 0.29) is 0 Å². The first-order valence-corrected chi connectivity index (χ1v) is 6.61. The minimum atomic E-state index is 0.436. The second kappa shape index (κ2) is 5.54. The molecule has 1 aromatic heterocycles. The van der Waals surface area contributed by atoms with Crippen LogP contribution in [0, 0.1) is 5.92 Å². The van der Waals surface area contributed by atoms with Crippen molar-refractivity contribution in [2.24, 2.45) is 5.92 Å². The van der Waals surface area contributed by atoms with E-state index in [1.807, 2.05) is 10.9 Å². The Bertz CT molecular complexity index is 345. The molecule has 1 fully saturated rings. The summed E-state index contributed by atoms with van der Waals surface area (Å²) >= 11 is 0. The van der Waals surface area contributed by atoms with Gasteiger partial charge in [-0.3, -0.25) is 4.68 Å². The minimum absolute atomic E-state index is 0.436. The van der Waals surface area contributed by atoms with E-state index in [0.29, 0.717) is 6.04 Å². The van der Waals surface area contributed by atoms with E-state index < -0.39 is 0 Å². The van der Waals surface area contributed by atoms with Crippen LogP contribution in [0.1, 0.15) is 32.7 Å². The lowest BCUT2D eigenvalue weighted by atomic mass is 9.98. The van der Waals surface area contributed by atoms with Gasteiger partial charge in [0.05, 0.1) is 11.9 Å². The highest BCUT2D eigenvalue weighted by Gasteiger charge is 2.16. The highest BCUT2D eigenvalue weighted by Crippen LogP contribution is 2.16. The molecule has 0 aliphatic carbocycles. The Kier molecular flexibility index (Phi) is 4.05. The maximum absolute atomic E-state index is 4.34. The summed E-state index contributed by atoms with van der Waals surface area (Å²) in [5, 5.41) is 7.84. The molecule has 1 unspecified atom stereocenters. The SMILES string of the molecule is CC(C)n1cc(NCC2CCCN(C)C2)cn1. The van der Waals surface area contributed by atoms with Gasteiger partial charge in [-0.2, -0.15) is 5.10 Å². The average Bonchev–Trinajstić information content (AvgIpc) is 2.75. The lowest BCUT2D eigenvalue weighted by Gasteiger charge is -2.29. The molecule has 2 heterocycles. The van der Waals surface area contributed by atoms with Crippen molar-refractivity contribution in [1.29, 1.82) is 0 Å². The molecule has 0 amide bonds. The third kappa shape index (κ3) is 3.46. The molecule has 17 heavy (non-hydrogen) atoms. The Hall–Kier alpha value is -1.03. The fourth-order valence-electron chi connectivity index (χ4n) is 2.41. The van der Waals surface area contributed by atoms with Crippen molar-refractivity contribution in [3.05, 3.63) is 12.4 Å². The molecule has 1 aromatic rings. The van der Waals surface area contributed by atoms with Crippen LogP contribution in [-0.4, -0.2) is 41.4 Å². The van der Waals surface area contributed by atoms with Gasteiger partial charge >= 0.3 is 0 Å². The monoisotopic (exact) mass is 236 g/mol. The quantitative estimate of drug-likeness (QED) is 0.870. The third-order valence-electron chi connectivity index (χ3n) is 3.45. The molecule has 0 aromatic carbocycles. The molecule has 1 N–H and O–H groups in total. The van der Waals surface area contributed by atoms with Crippen LogP contribution < -0.4 is 5.32 Å². The number of hydrogen-bond acceptors (Lipinski definition) is 3. The molecule has 1 aliphatic heterocycles. The van der Waals surface area contributed by atoms with Crippen LogP contribution in [0.2, 0.25) is 0 Å². The van der Waals surface area contributed by atoms with Crippen molar-refractivity contribution >= 4 is 5.69 Å². The fourth-order valence-corrected chi connectivity index (χ4v) is 2.41. The molecule has 96 valence electrons. The van der Waals surface area contributed by atoms with Crippen LogP contribution in [0.4, 0.5) is 5.69 Å². The van der Waals surface area contributed by atoms with E-state index in [9.17, 15) is 0 Å². The minimum Gasteiger partial charge on any atom is -0.382 e. The summed E-state index contributed by atoms with van der Waals surface area (Å²) in [6.45, 7) is 7.82. The molecular formula is C13H24N4. The first-order chi connectivity index (χ1) is 8.15. The van der Waals surface area contributed by atoms with Gasteiger partial charge in [0, 0.05) is 25.3 Å². The molecule has 0 spiro atoms. The maximum atomic E-state index is 4.34. The summed E-state index contributed by atoms with van der Waals surface area (Å²) in [5.74, 6) is 0.774. The van der Waals surface area contributed by atoms with Gasteiger partial charge in [-0.05, 0) is 46.2 Å². The second-order valence-corrected chi connectivity index (χ2v) is 5.45. The molecule has 0 bridgehead atoms. The van der Waals surface area contributed by atoms with Gasteiger partial charge in [0.2, 0.25) is 0 Å². The highest BCUT2D eigenvalue weighted by atomic mass is 15.3. The molecule has 1 aliphatic rings. The summed E-state index contributed by atoms with van der Waals surface area (Å²) in [6.07, 6.45) is 6.69. The predicted molar refractivity (Wildman–Crippen MR) is 71.3 cm³/mol. The Morgan fingerprint density at radius 1 is 1.53 bits per heavy atom. The lowest BCUT2D eigenvalue weighted by Crippen LogP contribution is -2.35. The molecule has 4 heteroatoms. The summed E-state index contributed by atoms with van der Waals surface area (Å²) < 4.78 is 2.00. The summed E-state index contributed by atoms with van der Waals surface area (Å²) in [4.78, 5) is 2.42. The Morgan fingerprint density at radius 2 is 2.35 bits per heavy atom. The summed E-state index contributed by atoms with van der Waals surface area (Å²) in [6, 6.07) is 0.436. The van der Waals surface area contributed by atoms with Crippen molar-refractivity contribution in [3.63, 3.8) is 0 Å². The van der Waals surface area contributed by atoms with Crippen LogP contribution >= 0.6 is 0 Å². The normalized spacial score (nSPS) is 22.0. The predicted octanol–water partition coefficient (Wildman–Crippen LogP) is 2.22. The zero-order valence-electron chi connectivity index (χ0n) is 11.2. The van der Waals surface area contributed by atoms with E-state index in [0.717, 1.165) is 18.2 Å². The number of likely N-dealkylation sites (tertiary alicyclic amines) is 1. The number of hydrogen-bond donors (Lipinski definition) is 1. The van der Waals surface area contributed by atoms with Crippen LogP contribution in [0.15, 0.2) is 12.4 Å². The van der Waals surface area contributed by atoms with E-state index in [1.54, 1.807) is 0 Å². The smallest absolute Gasteiger partial charge is 0.0726 e. The van der Waals surface area contributed by atoms with E-state index in [2.05, 4.69) is 42.4 Å². The molecule has 2 rings (SSSR count). The van der Waals surface area contributed by atoms with E-state index in [4.69, 9.17) is 0 Å². The van der Waals surface area contributed by atoms with E-state index >= 15 is 0 Å². The molecule has 1 atom stereocenters. The van der Waals surface area contributed by atoms with Crippen LogP contribution in [0.25, 0.3) is 0 Å². The number of aromatic nitrogens is 2. The van der Waals surface area contributed by atoms with Crippen molar-refractivity contribution in [1.82, 2.24) is 14.7 Å². The van der Waals surface area contributed by atoms with Crippen molar-refractivity contribution in [2.75, 3.05) is 32.0 Å². The summed E-state index contributed by atoms with van der Waals surface area (Å²) in [5.41, 5.74) is 1.15. The van der Waals surface area contributed by atoms with E-state index in [1.165, 1.54) is 25.9 Å². The van der Waals surface area contributed by atoms with Gasteiger partial charge in [-0.1, -0.05) is 0 Å². The standard InChI is InChI=1S/C13H24N4/c1-11(2)17-10-13(8-15-17)14-7-12-5-4-6-16(3)9-12/h8,10-12,14H,4-7,9H2,1-3H3. The maximum Gasteiger partial charge on any atom is 0.0726 e. The van der Waals surface area contributed by atoms with Crippen molar-refractivity contribution in [2.45, 2.75) is 32.7 Å². The van der Waals surface area contributed by atoms with Gasteiger partial charge in [0.25, 0.3) is 0 Å². The lowest BCUT2D eigenvalue weighted by molar-refractivity contribution is 0.217. The number of nitrogens with zero attached hydrogens (tertiary/aromatic N) is 3. The Morgan fingerprint density at radius 3 is 3.00 bits per heavy atom. The molecule has 1 saturated heterocycles. The van der Waals surface area contributed by atoms with Gasteiger partial charge in [-0.25, -0.2) is 0 Å². The van der Waals surface area contributed by atoms with Crippen molar-refractivity contribution < 1.29 is 0 Å². The van der Waals surface area contributed by atoms with Crippen LogP contribution in [0.3, 0.4) is 0 Å². The molecular weight excluding hydrogens is 212 g/mol. The Balaban J connectivity index is 1.80. The largest absolute Gasteiger partial charge is 0.382 e. The van der Waals surface area contributed by atoms with Crippen molar-refractivity contribution in [3.8, 4) is 0 Å². The zero-order valence-corrected chi connectivity index (χ0v) is 11.2. The molecule has 0 saturated carbocycles. The summed E-state index contributed by atoms with van der Waals surface area (Å²) in [7, 11) is 2.21. The Labute approximate surface area is 104 Å². The first kappa shape index (κ1) is 12.4. The number of rotatable bonds is 4. The zero-order chi connectivity index (χ0) is 12.3. The first-order valence-electron chi connectivity index (χ1n) is 6.61. The van der Waals surface area contributed by atoms with Gasteiger partial charge in [0.15, 0.2) is 0 Å². The van der Waals surface area contributed by atoms with Gasteiger partial charge in [0.1, 0.15) is 0 Å². The van der Waals surface area contributed by atoms with Crippen LogP contribution in [0.5, 0.6) is 0 Å². The number of piperidine rings is 1. The third-order valence-corrected chi connectivity index (χ3v) is 3.45. The molecule has 0 radical (unpaired) electrons. The second-order valence-electron chi connectivity index (χ2n) is 5.45. The molecule has 4 nitrogen and oxygen atoms in total. The van der Waals surface area contributed by atoms with Gasteiger partial charge < -0.3 is 10.2 Å². The number of anilines is 1. The number of nitrogens with one attached hydrogen (secondary N) is 1. The average molecular weight is 236 g/mol.